The number of morpholine rings is 1. The highest BCUT2D eigenvalue weighted by molar-refractivity contribution is 5.75. The van der Waals surface area contributed by atoms with Gasteiger partial charge in [0.25, 0.3) is 0 Å². The van der Waals surface area contributed by atoms with Crippen molar-refractivity contribution in [2.45, 2.75) is 32.4 Å². The number of aromatic nitrogens is 2. The Morgan fingerprint density at radius 3 is 2.95 bits per heavy atom. The molecule has 6 nitrogen and oxygen atoms in total. The second-order valence-corrected chi connectivity index (χ2v) is 5.09. The maximum Gasteiger partial charge on any atom is 0.219 e. The van der Waals surface area contributed by atoms with Gasteiger partial charge in [-0.15, -0.1) is 0 Å². The molecule has 0 radical (unpaired) electrons. The number of likely N-dealkylation sites (N-methyl/N-ethyl adjacent to an activating group) is 1. The van der Waals surface area contributed by atoms with Crippen molar-refractivity contribution in [3.05, 3.63) is 18.0 Å². The Hall–Kier alpha value is -1.40. The number of rotatable bonds is 5. The van der Waals surface area contributed by atoms with E-state index in [4.69, 9.17) is 4.74 Å². The summed E-state index contributed by atoms with van der Waals surface area (Å²) in [6.45, 7) is 7.12. The van der Waals surface area contributed by atoms with Crippen LogP contribution in [0.3, 0.4) is 0 Å². The number of carbonyl (C=O) groups is 1. The van der Waals surface area contributed by atoms with Crippen LogP contribution in [-0.4, -0.2) is 52.9 Å². The summed E-state index contributed by atoms with van der Waals surface area (Å²) < 4.78 is 7.69. The third kappa shape index (κ3) is 3.37. The predicted octanol–water partition coefficient (Wildman–Crippen LogP) is 0.708. The van der Waals surface area contributed by atoms with Crippen LogP contribution in [0.2, 0.25) is 0 Å². The zero-order valence-electron chi connectivity index (χ0n) is 12.5. The highest BCUT2D eigenvalue weighted by Gasteiger charge is 2.33. The minimum absolute atomic E-state index is 0.0246. The molecule has 0 spiro atoms. The largest absolute Gasteiger partial charge is 0.373 e. The average molecular weight is 280 g/mol. The van der Waals surface area contributed by atoms with Crippen molar-refractivity contribution >= 4 is 5.91 Å². The lowest BCUT2D eigenvalue weighted by atomic mass is 10.0. The Kier molecular flexibility index (Phi) is 5.14. The standard InChI is InChI=1S/C14H24N4O2/c1-4-13(19)15-9-12-14(11-8-16-17(3)10-11)18(5-2)6-7-20-12/h8,10,12,14H,4-7,9H2,1-3H3,(H,15,19)/t12-,14-/m0/s1. The van der Waals surface area contributed by atoms with Crippen LogP contribution in [-0.2, 0) is 16.6 Å². The summed E-state index contributed by atoms with van der Waals surface area (Å²) in [5.74, 6) is 0.0622. The Balaban J connectivity index is 2.12. The average Bonchev–Trinajstić information content (AvgIpc) is 2.90. The molecule has 112 valence electrons. The van der Waals surface area contributed by atoms with E-state index < -0.39 is 0 Å². The Morgan fingerprint density at radius 2 is 2.35 bits per heavy atom. The molecule has 1 amide bonds. The number of hydrogen-bond donors (Lipinski definition) is 1. The molecule has 0 saturated carbocycles. The Bertz CT molecular complexity index is 446. The molecule has 0 aliphatic carbocycles. The molecule has 1 aliphatic rings. The molecule has 1 aromatic rings. The molecule has 1 aliphatic heterocycles. The summed E-state index contributed by atoms with van der Waals surface area (Å²) >= 11 is 0. The lowest BCUT2D eigenvalue weighted by Gasteiger charge is -2.40. The fraction of sp³-hybridized carbons (Fsp3) is 0.714. The van der Waals surface area contributed by atoms with Crippen molar-refractivity contribution in [2.24, 2.45) is 7.05 Å². The van der Waals surface area contributed by atoms with E-state index in [1.807, 2.05) is 26.4 Å². The predicted molar refractivity (Wildman–Crippen MR) is 76.2 cm³/mol. The minimum Gasteiger partial charge on any atom is -0.373 e. The van der Waals surface area contributed by atoms with E-state index in [1.165, 1.54) is 0 Å². The first-order valence-corrected chi connectivity index (χ1v) is 7.26. The van der Waals surface area contributed by atoms with Gasteiger partial charge in [-0.1, -0.05) is 13.8 Å². The molecule has 0 bridgehead atoms. The molecule has 1 fully saturated rings. The number of nitrogens with one attached hydrogen (secondary N) is 1. The van der Waals surface area contributed by atoms with Crippen LogP contribution in [0.4, 0.5) is 0 Å². The molecular weight excluding hydrogens is 256 g/mol. The van der Waals surface area contributed by atoms with Gasteiger partial charge in [-0.05, 0) is 6.54 Å². The lowest BCUT2D eigenvalue weighted by molar-refractivity contribution is -0.123. The van der Waals surface area contributed by atoms with Gasteiger partial charge < -0.3 is 10.1 Å². The summed E-state index contributed by atoms with van der Waals surface area (Å²) in [5, 5.41) is 7.19. The van der Waals surface area contributed by atoms with Crippen molar-refractivity contribution in [3.63, 3.8) is 0 Å². The van der Waals surface area contributed by atoms with Crippen molar-refractivity contribution in [2.75, 3.05) is 26.2 Å². The van der Waals surface area contributed by atoms with Gasteiger partial charge in [0.2, 0.25) is 5.91 Å². The first-order valence-electron chi connectivity index (χ1n) is 7.26. The fourth-order valence-corrected chi connectivity index (χ4v) is 2.67. The van der Waals surface area contributed by atoms with E-state index in [0.717, 1.165) is 18.7 Å². The quantitative estimate of drug-likeness (QED) is 0.863. The Labute approximate surface area is 120 Å². The van der Waals surface area contributed by atoms with Crippen LogP contribution in [0.15, 0.2) is 12.4 Å². The summed E-state index contributed by atoms with van der Waals surface area (Å²) in [4.78, 5) is 13.8. The van der Waals surface area contributed by atoms with Gasteiger partial charge >= 0.3 is 0 Å². The van der Waals surface area contributed by atoms with E-state index >= 15 is 0 Å². The molecule has 1 aromatic heterocycles. The highest BCUT2D eigenvalue weighted by atomic mass is 16.5. The van der Waals surface area contributed by atoms with Gasteiger partial charge in [0.15, 0.2) is 0 Å². The molecule has 2 rings (SSSR count). The molecule has 20 heavy (non-hydrogen) atoms. The Morgan fingerprint density at radius 1 is 1.55 bits per heavy atom. The first kappa shape index (κ1) is 15.0. The van der Waals surface area contributed by atoms with Crippen molar-refractivity contribution in [1.82, 2.24) is 20.0 Å². The molecule has 2 heterocycles. The van der Waals surface area contributed by atoms with E-state index in [-0.39, 0.29) is 18.1 Å². The number of aryl methyl sites for hydroxylation is 1. The van der Waals surface area contributed by atoms with Gasteiger partial charge in [-0.3, -0.25) is 14.4 Å². The molecule has 1 N–H and O–H groups in total. The number of ether oxygens (including phenoxy) is 1. The third-order valence-electron chi connectivity index (χ3n) is 3.75. The molecule has 2 atom stereocenters. The second-order valence-electron chi connectivity index (χ2n) is 5.09. The van der Waals surface area contributed by atoms with Crippen LogP contribution >= 0.6 is 0 Å². The smallest absolute Gasteiger partial charge is 0.219 e. The van der Waals surface area contributed by atoms with Gasteiger partial charge in [0.05, 0.1) is 24.9 Å². The topological polar surface area (TPSA) is 59.4 Å². The summed E-state index contributed by atoms with van der Waals surface area (Å²) in [7, 11) is 1.91. The number of amides is 1. The van der Waals surface area contributed by atoms with Gasteiger partial charge in [-0.2, -0.15) is 5.10 Å². The van der Waals surface area contributed by atoms with Gasteiger partial charge in [0.1, 0.15) is 0 Å². The first-order chi connectivity index (χ1) is 9.65. The molecular formula is C14H24N4O2. The van der Waals surface area contributed by atoms with Crippen molar-refractivity contribution in [1.29, 1.82) is 0 Å². The normalized spacial score (nSPS) is 23.8. The van der Waals surface area contributed by atoms with Crippen LogP contribution < -0.4 is 5.32 Å². The summed E-state index contributed by atoms with van der Waals surface area (Å²) in [6.07, 6.45) is 4.39. The summed E-state index contributed by atoms with van der Waals surface area (Å²) in [6, 6.07) is 0.152. The van der Waals surface area contributed by atoms with Gasteiger partial charge in [0, 0.05) is 38.3 Å². The fourth-order valence-electron chi connectivity index (χ4n) is 2.67. The molecule has 0 aromatic carbocycles. The van der Waals surface area contributed by atoms with Crippen LogP contribution in [0.25, 0.3) is 0 Å². The zero-order valence-corrected chi connectivity index (χ0v) is 12.5. The van der Waals surface area contributed by atoms with Crippen LogP contribution in [0.1, 0.15) is 31.9 Å². The van der Waals surface area contributed by atoms with Gasteiger partial charge in [-0.25, -0.2) is 0 Å². The van der Waals surface area contributed by atoms with Crippen LogP contribution in [0.5, 0.6) is 0 Å². The minimum atomic E-state index is -0.0246. The van der Waals surface area contributed by atoms with Crippen molar-refractivity contribution < 1.29 is 9.53 Å². The van der Waals surface area contributed by atoms with E-state index in [1.54, 1.807) is 4.68 Å². The maximum atomic E-state index is 11.5. The zero-order chi connectivity index (χ0) is 14.5. The molecule has 0 unspecified atom stereocenters. The second kappa shape index (κ2) is 6.85. The highest BCUT2D eigenvalue weighted by Crippen LogP contribution is 2.28. The number of nitrogens with zero attached hydrogens (tertiary/aromatic N) is 3. The van der Waals surface area contributed by atoms with E-state index in [2.05, 4.69) is 22.2 Å². The maximum absolute atomic E-state index is 11.5. The number of hydrogen-bond acceptors (Lipinski definition) is 4. The monoisotopic (exact) mass is 280 g/mol. The van der Waals surface area contributed by atoms with E-state index in [9.17, 15) is 4.79 Å². The summed E-state index contributed by atoms with van der Waals surface area (Å²) in [5.41, 5.74) is 1.14. The SMILES string of the molecule is CCC(=O)NC[C@@H]1OCCN(CC)[C@H]1c1cnn(C)c1. The lowest BCUT2D eigenvalue weighted by Crippen LogP contribution is -2.49. The van der Waals surface area contributed by atoms with Crippen LogP contribution in [0, 0.1) is 0 Å². The van der Waals surface area contributed by atoms with E-state index in [0.29, 0.717) is 19.6 Å². The number of carbonyl (C=O) groups excluding carboxylic acids is 1. The molecule has 6 heteroatoms. The molecule has 1 saturated heterocycles. The van der Waals surface area contributed by atoms with Crippen molar-refractivity contribution in [3.8, 4) is 0 Å². The third-order valence-corrected chi connectivity index (χ3v) is 3.75.